The molecule has 22 heavy (non-hydrogen) atoms. The minimum Gasteiger partial charge on any atom is -0.370 e. The number of aliphatic imine (C=N–C) groups is 1. The largest absolute Gasteiger partial charge is 0.370 e. The van der Waals surface area contributed by atoms with Crippen molar-refractivity contribution in [1.82, 2.24) is 4.90 Å². The molecule has 1 aliphatic heterocycles. The molecule has 4 heteroatoms. The van der Waals surface area contributed by atoms with Gasteiger partial charge in [0.2, 0.25) is 0 Å². The van der Waals surface area contributed by atoms with E-state index in [1.807, 2.05) is 0 Å². The lowest BCUT2D eigenvalue weighted by atomic mass is 9.94. The number of nitrogens with one attached hydrogen (secondary N) is 1. The summed E-state index contributed by atoms with van der Waals surface area (Å²) in [6.45, 7) is 10.9. The van der Waals surface area contributed by atoms with Gasteiger partial charge in [0, 0.05) is 12.2 Å². The van der Waals surface area contributed by atoms with Crippen LogP contribution < -0.4 is 11.1 Å². The molecule has 0 bridgehead atoms. The van der Waals surface area contributed by atoms with E-state index in [0.717, 1.165) is 24.6 Å². The van der Waals surface area contributed by atoms with Gasteiger partial charge in [0.05, 0.1) is 0 Å². The Morgan fingerprint density at radius 1 is 1.23 bits per heavy atom. The SMILES string of the molecule is CCN1CCC(CCN=C(N)Nc2cc(C)cc(C)c2)CC1. The summed E-state index contributed by atoms with van der Waals surface area (Å²) in [7, 11) is 0. The molecule has 2 rings (SSSR count). The normalized spacial score (nSPS) is 17.7. The summed E-state index contributed by atoms with van der Waals surface area (Å²) in [5, 5.41) is 3.20. The third kappa shape index (κ3) is 5.34. The van der Waals surface area contributed by atoms with Crippen LogP contribution in [0.1, 0.15) is 37.3 Å². The van der Waals surface area contributed by atoms with Crippen LogP contribution in [0.25, 0.3) is 0 Å². The summed E-state index contributed by atoms with van der Waals surface area (Å²) in [4.78, 5) is 7.01. The number of anilines is 1. The Kier molecular flexibility index (Phi) is 6.25. The van der Waals surface area contributed by atoms with Crippen molar-refractivity contribution >= 4 is 11.6 Å². The molecule has 1 heterocycles. The maximum absolute atomic E-state index is 6.00. The molecule has 4 nitrogen and oxygen atoms in total. The van der Waals surface area contributed by atoms with Crippen molar-refractivity contribution in [1.29, 1.82) is 0 Å². The van der Waals surface area contributed by atoms with E-state index in [9.17, 15) is 0 Å². The van der Waals surface area contributed by atoms with Gasteiger partial charge in [-0.2, -0.15) is 0 Å². The Balaban J connectivity index is 1.76. The van der Waals surface area contributed by atoms with Crippen LogP contribution in [-0.4, -0.2) is 37.0 Å². The maximum Gasteiger partial charge on any atom is 0.193 e. The fraction of sp³-hybridized carbons (Fsp3) is 0.611. The first kappa shape index (κ1) is 16.8. The van der Waals surface area contributed by atoms with Gasteiger partial charge in [-0.05, 0) is 81.9 Å². The molecular formula is C18H30N4. The lowest BCUT2D eigenvalue weighted by molar-refractivity contribution is 0.188. The van der Waals surface area contributed by atoms with Crippen LogP contribution in [0.2, 0.25) is 0 Å². The second-order valence-electron chi connectivity index (χ2n) is 6.43. The predicted octanol–water partition coefficient (Wildman–Crippen LogP) is 3.15. The molecule has 3 N–H and O–H groups in total. The summed E-state index contributed by atoms with van der Waals surface area (Å²) in [5.74, 6) is 1.33. The zero-order chi connectivity index (χ0) is 15.9. The minimum atomic E-state index is 0.524. The van der Waals surface area contributed by atoms with Crippen molar-refractivity contribution in [2.45, 2.75) is 40.0 Å². The van der Waals surface area contributed by atoms with Crippen molar-refractivity contribution in [3.05, 3.63) is 29.3 Å². The summed E-state index contributed by atoms with van der Waals surface area (Å²) in [6, 6.07) is 6.34. The first-order valence-corrected chi connectivity index (χ1v) is 8.44. The standard InChI is InChI=1S/C18H30N4/c1-4-22-9-6-16(7-10-22)5-8-20-18(19)21-17-12-14(2)11-15(3)13-17/h11-13,16H,4-10H2,1-3H3,(H3,19,20,21). The van der Waals surface area contributed by atoms with Gasteiger partial charge in [-0.1, -0.05) is 13.0 Å². The van der Waals surface area contributed by atoms with Crippen molar-refractivity contribution in [2.24, 2.45) is 16.6 Å². The molecule has 1 saturated heterocycles. The molecule has 0 unspecified atom stereocenters. The highest BCUT2D eigenvalue weighted by molar-refractivity contribution is 5.92. The fourth-order valence-corrected chi connectivity index (χ4v) is 3.19. The Hall–Kier alpha value is -1.55. The average Bonchev–Trinajstić information content (AvgIpc) is 2.47. The number of aryl methyl sites for hydroxylation is 2. The van der Waals surface area contributed by atoms with Crippen LogP contribution in [0.15, 0.2) is 23.2 Å². The van der Waals surface area contributed by atoms with Crippen LogP contribution in [-0.2, 0) is 0 Å². The third-order valence-electron chi connectivity index (χ3n) is 4.47. The van der Waals surface area contributed by atoms with Crippen LogP contribution in [0.3, 0.4) is 0 Å². The third-order valence-corrected chi connectivity index (χ3v) is 4.47. The highest BCUT2D eigenvalue weighted by Gasteiger charge is 2.17. The molecule has 122 valence electrons. The van der Waals surface area contributed by atoms with Crippen LogP contribution >= 0.6 is 0 Å². The second kappa shape index (κ2) is 8.18. The van der Waals surface area contributed by atoms with Crippen molar-refractivity contribution < 1.29 is 0 Å². The van der Waals surface area contributed by atoms with E-state index in [1.54, 1.807) is 0 Å². The Bertz CT molecular complexity index is 482. The van der Waals surface area contributed by atoms with Gasteiger partial charge in [0.15, 0.2) is 5.96 Å². The molecule has 1 aromatic carbocycles. The van der Waals surface area contributed by atoms with Gasteiger partial charge >= 0.3 is 0 Å². The molecule has 0 aliphatic carbocycles. The monoisotopic (exact) mass is 302 g/mol. The molecule has 1 fully saturated rings. The van der Waals surface area contributed by atoms with Gasteiger partial charge < -0.3 is 16.0 Å². The van der Waals surface area contributed by atoms with E-state index < -0.39 is 0 Å². The van der Waals surface area contributed by atoms with Crippen molar-refractivity contribution in [3.8, 4) is 0 Å². The summed E-state index contributed by atoms with van der Waals surface area (Å²) in [6.07, 6.45) is 3.74. The fourth-order valence-electron chi connectivity index (χ4n) is 3.19. The first-order chi connectivity index (χ1) is 10.6. The van der Waals surface area contributed by atoms with Crippen molar-refractivity contribution in [2.75, 3.05) is 31.5 Å². The first-order valence-electron chi connectivity index (χ1n) is 8.44. The molecular weight excluding hydrogens is 272 g/mol. The van der Waals surface area contributed by atoms with Gasteiger partial charge in [-0.25, -0.2) is 0 Å². The summed E-state index contributed by atoms with van der Waals surface area (Å²) in [5.41, 5.74) is 9.49. The van der Waals surface area contributed by atoms with Gasteiger partial charge in [0.1, 0.15) is 0 Å². The van der Waals surface area contributed by atoms with E-state index in [4.69, 9.17) is 5.73 Å². The highest BCUT2D eigenvalue weighted by Crippen LogP contribution is 2.20. The summed E-state index contributed by atoms with van der Waals surface area (Å²) >= 11 is 0. The number of guanidine groups is 1. The van der Waals surface area contributed by atoms with Gasteiger partial charge in [-0.3, -0.25) is 4.99 Å². The molecule has 0 atom stereocenters. The molecule has 1 aliphatic rings. The quantitative estimate of drug-likeness (QED) is 0.649. The van der Waals surface area contributed by atoms with E-state index in [1.165, 1.54) is 43.6 Å². The van der Waals surface area contributed by atoms with E-state index >= 15 is 0 Å². The topological polar surface area (TPSA) is 53.6 Å². The Labute approximate surface area is 134 Å². The molecule has 0 aromatic heterocycles. The smallest absolute Gasteiger partial charge is 0.193 e. The predicted molar refractivity (Wildman–Crippen MR) is 95.5 cm³/mol. The van der Waals surface area contributed by atoms with Crippen LogP contribution in [0, 0.1) is 19.8 Å². The highest BCUT2D eigenvalue weighted by atomic mass is 15.1. The lowest BCUT2D eigenvalue weighted by Crippen LogP contribution is -2.33. The summed E-state index contributed by atoms with van der Waals surface area (Å²) < 4.78 is 0. The van der Waals surface area contributed by atoms with Crippen LogP contribution in [0.4, 0.5) is 5.69 Å². The molecule has 0 saturated carbocycles. The number of likely N-dealkylation sites (tertiary alicyclic amines) is 1. The molecule has 1 aromatic rings. The zero-order valence-corrected chi connectivity index (χ0v) is 14.2. The number of nitrogens with zero attached hydrogens (tertiary/aromatic N) is 2. The van der Waals surface area contributed by atoms with E-state index in [2.05, 4.69) is 54.2 Å². The van der Waals surface area contributed by atoms with Gasteiger partial charge in [0.25, 0.3) is 0 Å². The lowest BCUT2D eigenvalue weighted by Gasteiger charge is -2.30. The second-order valence-corrected chi connectivity index (χ2v) is 6.43. The Morgan fingerprint density at radius 2 is 1.86 bits per heavy atom. The molecule has 0 amide bonds. The van der Waals surface area contributed by atoms with Crippen molar-refractivity contribution in [3.63, 3.8) is 0 Å². The van der Waals surface area contributed by atoms with Gasteiger partial charge in [-0.15, -0.1) is 0 Å². The number of hydrogen-bond donors (Lipinski definition) is 2. The van der Waals surface area contributed by atoms with E-state index in [-0.39, 0.29) is 0 Å². The molecule has 0 radical (unpaired) electrons. The number of nitrogens with two attached hydrogens (primary N) is 1. The Morgan fingerprint density at radius 3 is 2.45 bits per heavy atom. The number of hydrogen-bond acceptors (Lipinski definition) is 2. The average molecular weight is 302 g/mol. The van der Waals surface area contributed by atoms with E-state index in [0.29, 0.717) is 5.96 Å². The number of rotatable bonds is 5. The number of piperidine rings is 1. The minimum absolute atomic E-state index is 0.524. The maximum atomic E-state index is 6.00. The number of benzene rings is 1. The zero-order valence-electron chi connectivity index (χ0n) is 14.2. The van der Waals surface area contributed by atoms with Crippen LogP contribution in [0.5, 0.6) is 0 Å². The molecule has 0 spiro atoms.